The molecule has 0 spiro atoms. The van der Waals surface area contributed by atoms with Gasteiger partial charge in [-0.2, -0.15) is 84.6 Å². The predicted molar refractivity (Wildman–Crippen MR) is 268 cm³/mol. The van der Waals surface area contributed by atoms with Crippen LogP contribution in [0.3, 0.4) is 0 Å². The number of hydrogen-bond donors (Lipinski definition) is 1. The van der Waals surface area contributed by atoms with Crippen LogP contribution in [-0.4, -0.2) is 107 Å². The molecule has 0 aliphatic rings. The van der Waals surface area contributed by atoms with Crippen LogP contribution in [0, 0.1) is 0 Å². The van der Waals surface area contributed by atoms with E-state index < -0.39 is 0 Å². The van der Waals surface area contributed by atoms with E-state index in [0.717, 1.165) is 5.95 Å². The van der Waals surface area contributed by atoms with Crippen molar-refractivity contribution in [3.63, 3.8) is 0 Å². The van der Waals surface area contributed by atoms with E-state index in [4.69, 9.17) is 5.73 Å². The van der Waals surface area contributed by atoms with Crippen molar-refractivity contribution in [2.75, 3.05) is 90.3 Å². The Morgan fingerprint density at radius 3 is 0.629 bits per heavy atom. The fourth-order valence-corrected chi connectivity index (χ4v) is 4.40. The summed E-state index contributed by atoms with van der Waals surface area (Å²) in [6.07, 6.45) is 11.8. The molecule has 15 nitrogen and oxygen atoms in total. The van der Waals surface area contributed by atoms with E-state index in [1.54, 1.807) is 84.6 Å². The smallest absolute Gasteiger partial charge is 0.668 e. The van der Waals surface area contributed by atoms with Crippen LogP contribution in [0.4, 0.5) is 5.95 Å². The minimum atomic E-state index is -0.0828. The molecule has 0 amide bonds. The zero-order valence-corrected chi connectivity index (χ0v) is 48.9. The largest absolute Gasteiger partial charge is 4.00 e. The Morgan fingerprint density at radius 2 is 0.548 bits per heavy atom. The van der Waals surface area contributed by atoms with Gasteiger partial charge in [-0.1, -0.05) is 83.1 Å². The summed E-state index contributed by atoms with van der Waals surface area (Å²) in [6.45, 7) is 37.7. The summed E-state index contributed by atoms with van der Waals surface area (Å²) < 4.78 is 11.7. The van der Waals surface area contributed by atoms with Gasteiger partial charge < -0.3 is 61.0 Å². The zero-order chi connectivity index (χ0) is 49.7. The molecule has 0 aliphatic carbocycles. The molecule has 0 aliphatic heterocycles. The second kappa shape index (κ2) is 37.4. The van der Waals surface area contributed by atoms with Gasteiger partial charge in [-0.05, 0) is 88.5 Å². The molecule has 3 heterocycles. The fraction of sp³-hybridized carbons (Fsp3) is 0.800. The average Bonchev–Trinajstić information content (AvgIpc) is 3.75. The minimum absolute atomic E-state index is 0. The normalized spacial score (nSPS) is 10.7. The number of rotatable bonds is 0. The fourth-order valence-electron chi connectivity index (χ4n) is 4.40. The maximum atomic E-state index is 10.0. The second-order valence-corrected chi connectivity index (χ2v) is 19.8. The Bertz CT molecular complexity index is 1350. The Morgan fingerprint density at radius 1 is 0.387 bits per heavy atom. The molecular weight excluding hydrogens is 846 g/mol. The molecule has 2 N–H and O–H groups in total. The first kappa shape index (κ1) is 77.4. The van der Waals surface area contributed by atoms with E-state index in [0.29, 0.717) is 11.2 Å². The summed E-state index contributed by atoms with van der Waals surface area (Å²) >= 11 is 0. The molecule has 3 aromatic rings. The van der Waals surface area contributed by atoms with Gasteiger partial charge in [0.05, 0.1) is 23.5 Å². The molecule has 17 heteroatoms. The predicted octanol–water partition coefficient (Wildman–Crippen LogP) is 10.1. The molecular formula is C45H98N15Ti2. The van der Waals surface area contributed by atoms with Crippen LogP contribution in [0.25, 0.3) is 42.7 Å². The summed E-state index contributed by atoms with van der Waals surface area (Å²) in [5.41, 5.74) is 6.48. The Balaban J connectivity index is -0.0000000971. The molecule has 361 valence electrons. The molecule has 0 atom stereocenters. The summed E-state index contributed by atoms with van der Waals surface area (Å²) in [4.78, 5) is 0. The Kier molecular flexibility index (Phi) is 46.8. The van der Waals surface area contributed by atoms with E-state index >= 15 is 0 Å². The summed E-state index contributed by atoms with van der Waals surface area (Å²) in [6, 6.07) is 0. The van der Waals surface area contributed by atoms with Gasteiger partial charge in [0.2, 0.25) is 0 Å². The van der Waals surface area contributed by atoms with Gasteiger partial charge >= 0.3 is 49.4 Å². The SMILES string of the molecule is CC(C)(C)n1cc[n+](C(C)(C)C)c1N.CC(C)(C)n1ccn(C(C)(C)C)c1=[N-].CC(C)(C)n1ccn(C(C)(C)C)c1=[N-].C[N-]C.C[N-]C.C[N-]C.C[N-]C.C[N-]C.C[N-]C.[Ti+3].[Ti+4]. The Hall–Kier alpha value is -1.78. The number of nitrogen functional groups attached to an aromatic ring is 1. The van der Waals surface area contributed by atoms with Crippen LogP contribution in [0.15, 0.2) is 37.2 Å². The van der Waals surface area contributed by atoms with Gasteiger partial charge in [0.15, 0.2) is 0 Å². The third-order valence-electron chi connectivity index (χ3n) is 6.79. The van der Waals surface area contributed by atoms with E-state index in [2.05, 4.69) is 166 Å². The van der Waals surface area contributed by atoms with E-state index in [1.165, 1.54) is 0 Å². The van der Waals surface area contributed by atoms with E-state index in [1.807, 2.05) is 55.4 Å². The topological polar surface area (TPSA) is 184 Å². The molecule has 3 aromatic heterocycles. The molecule has 0 saturated heterocycles. The van der Waals surface area contributed by atoms with Crippen LogP contribution in [0.2, 0.25) is 0 Å². The summed E-state index contributed by atoms with van der Waals surface area (Å²) in [5.74, 6) is 0.810. The van der Waals surface area contributed by atoms with Crippen molar-refractivity contribution in [3.05, 3.63) is 91.1 Å². The number of aromatic nitrogens is 6. The Labute approximate surface area is 413 Å². The third kappa shape index (κ3) is 35.6. The first-order chi connectivity index (χ1) is 26.9. The maximum Gasteiger partial charge on any atom is 4.00 e. The first-order valence-electron chi connectivity index (χ1n) is 20.3. The monoisotopic (exact) mass is 945 g/mol. The van der Waals surface area contributed by atoms with Crippen LogP contribution in [0.1, 0.15) is 125 Å². The van der Waals surface area contributed by atoms with Gasteiger partial charge in [-0.15, -0.1) is 0 Å². The quantitative estimate of drug-likeness (QED) is 0.171. The van der Waals surface area contributed by atoms with Crippen LogP contribution < -0.4 is 21.5 Å². The van der Waals surface area contributed by atoms with Gasteiger partial charge in [-0.3, -0.25) is 5.73 Å². The molecule has 3 rings (SSSR count). The first-order valence-corrected chi connectivity index (χ1v) is 20.3. The van der Waals surface area contributed by atoms with E-state index in [-0.39, 0.29) is 76.7 Å². The molecule has 0 fully saturated rings. The van der Waals surface area contributed by atoms with Crippen LogP contribution in [0.5, 0.6) is 0 Å². The number of nitrogens with zero attached hydrogens (tertiary/aromatic N) is 14. The molecule has 1 radical (unpaired) electrons. The second-order valence-electron chi connectivity index (χ2n) is 19.8. The van der Waals surface area contributed by atoms with Gasteiger partial charge in [0, 0.05) is 11.2 Å². The van der Waals surface area contributed by atoms with Crippen molar-refractivity contribution in [1.29, 1.82) is 0 Å². The molecule has 0 bridgehead atoms. The van der Waals surface area contributed by atoms with Crippen molar-refractivity contribution in [2.45, 2.75) is 158 Å². The number of nitrogens with two attached hydrogens (primary N) is 1. The molecule has 0 unspecified atom stereocenters. The van der Waals surface area contributed by atoms with Gasteiger partial charge in [0.25, 0.3) is 0 Å². The third-order valence-corrected chi connectivity index (χ3v) is 6.79. The van der Waals surface area contributed by atoms with Gasteiger partial charge in [-0.25, -0.2) is 9.13 Å². The number of anilines is 1. The van der Waals surface area contributed by atoms with Crippen molar-refractivity contribution < 1.29 is 48.0 Å². The van der Waals surface area contributed by atoms with Crippen LogP contribution in [-0.2, 0) is 76.7 Å². The number of hydrogen-bond acceptors (Lipinski definition) is 1. The standard InChI is InChI=1S/C11H21N3.2C11H20N3.6C2H6N.2Ti/c3*1-10(2,3)13-7-8-14(9(13)12)11(4,5)6;6*1-3-2;;/h7-8,12H,1-6H3;2*7-8H,1-6H3;6*1-2H3;;/q;8*-1;+3;+4/p+1. The number of imidazole rings is 3. The van der Waals surface area contributed by atoms with Crippen molar-refractivity contribution in [1.82, 2.24) is 22.8 Å². The molecule has 0 saturated carbocycles. The molecule has 62 heavy (non-hydrogen) atoms. The van der Waals surface area contributed by atoms with Crippen molar-refractivity contribution >= 4 is 5.95 Å². The van der Waals surface area contributed by atoms with Crippen molar-refractivity contribution in [3.8, 4) is 0 Å². The van der Waals surface area contributed by atoms with Crippen molar-refractivity contribution in [2.24, 2.45) is 0 Å². The summed E-state index contributed by atoms with van der Waals surface area (Å²) in [5, 5.41) is 41.1. The average molecular weight is 945 g/mol. The zero-order valence-electron chi connectivity index (χ0n) is 45.8. The summed E-state index contributed by atoms with van der Waals surface area (Å²) in [7, 11) is 21.0. The maximum absolute atomic E-state index is 10.0. The van der Waals surface area contributed by atoms with Gasteiger partial charge in [0.1, 0.15) is 0 Å². The van der Waals surface area contributed by atoms with Crippen LogP contribution >= 0.6 is 0 Å². The van der Waals surface area contributed by atoms with E-state index in [9.17, 15) is 10.8 Å². The minimum Gasteiger partial charge on any atom is -0.668 e. The molecule has 0 aromatic carbocycles.